The molecule has 1 rings (SSSR count). The third-order valence-electron chi connectivity index (χ3n) is 2.76. The normalized spacial score (nSPS) is 16.5. The summed E-state index contributed by atoms with van der Waals surface area (Å²) in [5.74, 6) is 0. The van der Waals surface area contributed by atoms with Crippen LogP contribution in [-0.2, 0) is 0 Å². The lowest BCUT2D eigenvalue weighted by Gasteiger charge is -2.15. The molecule has 0 bridgehead atoms. The second kappa shape index (κ2) is 6.99. The summed E-state index contributed by atoms with van der Waals surface area (Å²) in [6, 6.07) is 4.45. The van der Waals surface area contributed by atoms with E-state index in [0.717, 1.165) is 11.6 Å². The molecule has 0 radical (unpaired) electrons. The van der Waals surface area contributed by atoms with Crippen molar-refractivity contribution in [1.82, 2.24) is 10.3 Å². The molecule has 3 atom stereocenters. The van der Waals surface area contributed by atoms with Gasteiger partial charge in [-0.25, -0.2) is 4.98 Å². The average Bonchev–Trinajstić information content (AvgIpc) is 2.30. The Morgan fingerprint density at radius 2 is 2.06 bits per heavy atom. The molecular weight excluding hydrogens is 232 g/mol. The van der Waals surface area contributed by atoms with E-state index in [1.165, 1.54) is 5.56 Å². The lowest BCUT2D eigenvalue weighted by Crippen LogP contribution is -2.18. The zero-order valence-electron chi connectivity index (χ0n) is 11.0. The molecule has 3 unspecified atom stereocenters. The van der Waals surface area contributed by atoms with Gasteiger partial charge in [0, 0.05) is 17.5 Å². The fraction of sp³-hybridized carbons (Fsp3) is 0.615. The van der Waals surface area contributed by atoms with Gasteiger partial charge in [0.2, 0.25) is 0 Å². The minimum absolute atomic E-state index is 0.166. The number of aliphatic hydroxyl groups excluding tert-OH is 1. The molecule has 1 aromatic heterocycles. The fourth-order valence-electron chi connectivity index (χ4n) is 1.43. The van der Waals surface area contributed by atoms with Gasteiger partial charge in [0.1, 0.15) is 0 Å². The third-order valence-corrected chi connectivity index (χ3v) is 4.00. The van der Waals surface area contributed by atoms with Crippen LogP contribution in [0.5, 0.6) is 0 Å². The maximum Gasteiger partial charge on any atom is 0.0963 e. The zero-order valence-corrected chi connectivity index (χ0v) is 11.8. The molecule has 0 aliphatic rings. The second-order valence-electron chi connectivity index (χ2n) is 4.27. The van der Waals surface area contributed by atoms with Crippen LogP contribution in [-0.4, -0.2) is 28.0 Å². The van der Waals surface area contributed by atoms with Gasteiger partial charge in [0.25, 0.3) is 0 Å². The molecule has 0 aliphatic carbocycles. The summed E-state index contributed by atoms with van der Waals surface area (Å²) in [5, 5.41) is 13.9. The molecule has 3 nitrogen and oxygen atoms in total. The maximum absolute atomic E-state index is 9.44. The molecule has 0 spiro atoms. The molecule has 1 heterocycles. The first-order chi connectivity index (χ1) is 8.04. The third kappa shape index (κ3) is 4.66. The molecular formula is C13H22N2OS. The first-order valence-corrected chi connectivity index (χ1v) is 6.96. The number of thioether (sulfide) groups is 1. The molecule has 0 saturated carbocycles. The Labute approximate surface area is 108 Å². The van der Waals surface area contributed by atoms with Gasteiger partial charge in [-0.3, -0.25) is 0 Å². The van der Waals surface area contributed by atoms with Crippen LogP contribution in [0.15, 0.2) is 23.4 Å². The summed E-state index contributed by atoms with van der Waals surface area (Å²) in [4.78, 5) is 4.42. The van der Waals surface area contributed by atoms with Gasteiger partial charge < -0.3 is 10.4 Å². The predicted octanol–water partition coefficient (Wildman–Crippen LogP) is 2.61. The van der Waals surface area contributed by atoms with Crippen LogP contribution in [0.1, 0.15) is 39.3 Å². The molecule has 4 heteroatoms. The predicted molar refractivity (Wildman–Crippen MR) is 73.3 cm³/mol. The molecule has 1 aromatic rings. The van der Waals surface area contributed by atoms with Gasteiger partial charge in [-0.15, -0.1) is 11.8 Å². The number of aromatic nitrogens is 1. The van der Waals surface area contributed by atoms with Crippen molar-refractivity contribution in [2.45, 2.75) is 50.1 Å². The Morgan fingerprint density at radius 3 is 2.53 bits per heavy atom. The van der Waals surface area contributed by atoms with E-state index in [1.54, 1.807) is 18.7 Å². The number of hydrogen-bond acceptors (Lipinski definition) is 4. The smallest absolute Gasteiger partial charge is 0.0963 e. The van der Waals surface area contributed by atoms with E-state index in [2.05, 4.69) is 30.2 Å². The van der Waals surface area contributed by atoms with E-state index >= 15 is 0 Å². The quantitative estimate of drug-likeness (QED) is 0.766. The Hall–Kier alpha value is -0.580. The average molecular weight is 254 g/mol. The lowest BCUT2D eigenvalue weighted by atomic mass is 10.1. The summed E-state index contributed by atoms with van der Waals surface area (Å²) in [6.07, 6.45) is 1.59. The number of rotatable bonds is 6. The summed E-state index contributed by atoms with van der Waals surface area (Å²) >= 11 is 1.60. The van der Waals surface area contributed by atoms with Crippen molar-refractivity contribution in [1.29, 1.82) is 0 Å². The van der Waals surface area contributed by atoms with Gasteiger partial charge in [0.05, 0.1) is 11.1 Å². The summed E-state index contributed by atoms with van der Waals surface area (Å²) in [7, 11) is 0. The molecule has 0 fully saturated rings. The van der Waals surface area contributed by atoms with Gasteiger partial charge >= 0.3 is 0 Å². The van der Waals surface area contributed by atoms with Gasteiger partial charge in [-0.05, 0) is 32.0 Å². The minimum atomic E-state index is -0.317. The molecule has 0 saturated heterocycles. The van der Waals surface area contributed by atoms with E-state index < -0.39 is 0 Å². The Kier molecular flexibility index (Phi) is 5.95. The van der Waals surface area contributed by atoms with Crippen LogP contribution in [0, 0.1) is 0 Å². The van der Waals surface area contributed by atoms with E-state index in [9.17, 15) is 5.11 Å². The fourth-order valence-corrected chi connectivity index (χ4v) is 2.27. The zero-order chi connectivity index (χ0) is 12.8. The van der Waals surface area contributed by atoms with E-state index in [-0.39, 0.29) is 11.4 Å². The molecule has 0 aliphatic heterocycles. The van der Waals surface area contributed by atoms with Gasteiger partial charge in [-0.2, -0.15) is 0 Å². The van der Waals surface area contributed by atoms with E-state index in [4.69, 9.17) is 0 Å². The standard InChI is InChI=1S/C13H22N2OS/c1-5-14-9(2)12-6-7-13(15-8-12)17-11(4)10(3)16/h6-11,14,16H,5H2,1-4H3. The summed E-state index contributed by atoms with van der Waals surface area (Å²) < 4.78 is 0. The number of aliphatic hydroxyl groups is 1. The largest absolute Gasteiger partial charge is 0.392 e. The van der Waals surface area contributed by atoms with Gasteiger partial charge in [0.15, 0.2) is 0 Å². The number of nitrogens with zero attached hydrogens (tertiary/aromatic N) is 1. The Bertz CT molecular complexity index is 327. The Balaban J connectivity index is 2.61. The van der Waals surface area contributed by atoms with Crippen molar-refractivity contribution in [2.75, 3.05) is 6.54 Å². The Morgan fingerprint density at radius 1 is 1.35 bits per heavy atom. The SMILES string of the molecule is CCNC(C)c1ccc(SC(C)C(C)O)nc1. The van der Waals surface area contributed by atoms with Crippen molar-refractivity contribution in [3.63, 3.8) is 0 Å². The molecule has 2 N–H and O–H groups in total. The van der Waals surface area contributed by atoms with Crippen molar-refractivity contribution >= 4 is 11.8 Å². The van der Waals surface area contributed by atoms with Crippen molar-refractivity contribution in [3.8, 4) is 0 Å². The monoisotopic (exact) mass is 254 g/mol. The van der Waals surface area contributed by atoms with Crippen molar-refractivity contribution < 1.29 is 5.11 Å². The first kappa shape index (κ1) is 14.5. The van der Waals surface area contributed by atoms with E-state index in [1.807, 2.05) is 19.2 Å². The minimum Gasteiger partial charge on any atom is -0.392 e. The highest BCUT2D eigenvalue weighted by Gasteiger charge is 2.11. The van der Waals surface area contributed by atoms with Crippen molar-refractivity contribution in [3.05, 3.63) is 23.9 Å². The highest BCUT2D eigenvalue weighted by molar-refractivity contribution is 7.99. The maximum atomic E-state index is 9.44. The number of nitrogens with one attached hydrogen (secondary N) is 1. The number of hydrogen-bond donors (Lipinski definition) is 2. The van der Waals surface area contributed by atoms with E-state index in [0.29, 0.717) is 6.04 Å². The second-order valence-corrected chi connectivity index (χ2v) is 5.67. The lowest BCUT2D eigenvalue weighted by molar-refractivity contribution is 0.196. The van der Waals surface area contributed by atoms with Crippen LogP contribution in [0.25, 0.3) is 0 Å². The van der Waals surface area contributed by atoms with Gasteiger partial charge in [-0.1, -0.05) is 19.9 Å². The molecule has 0 aromatic carbocycles. The summed E-state index contributed by atoms with van der Waals surface area (Å²) in [6.45, 7) is 8.99. The van der Waals surface area contributed by atoms with Crippen LogP contribution >= 0.6 is 11.8 Å². The van der Waals surface area contributed by atoms with Crippen LogP contribution < -0.4 is 5.32 Å². The van der Waals surface area contributed by atoms with Crippen molar-refractivity contribution in [2.24, 2.45) is 0 Å². The summed E-state index contributed by atoms with van der Waals surface area (Å²) in [5.41, 5.74) is 1.20. The molecule has 96 valence electrons. The molecule has 17 heavy (non-hydrogen) atoms. The first-order valence-electron chi connectivity index (χ1n) is 6.08. The number of pyridine rings is 1. The topological polar surface area (TPSA) is 45.1 Å². The van der Waals surface area contributed by atoms with Crippen LogP contribution in [0.4, 0.5) is 0 Å². The highest BCUT2D eigenvalue weighted by atomic mass is 32.2. The van der Waals surface area contributed by atoms with Crippen LogP contribution in [0.2, 0.25) is 0 Å². The molecule has 0 amide bonds. The van der Waals surface area contributed by atoms with Crippen LogP contribution in [0.3, 0.4) is 0 Å². The highest BCUT2D eigenvalue weighted by Crippen LogP contribution is 2.24.